The van der Waals surface area contributed by atoms with Gasteiger partial charge in [0.15, 0.2) is 24.4 Å². The number of benzene rings is 2. The highest BCUT2D eigenvalue weighted by molar-refractivity contribution is 6.33. The van der Waals surface area contributed by atoms with Crippen LogP contribution in [-0.2, 0) is 14.4 Å². The Balaban J connectivity index is 0.912. The second kappa shape index (κ2) is 16.5. The van der Waals surface area contributed by atoms with Crippen LogP contribution in [0.3, 0.4) is 0 Å². The number of anilines is 4. The third kappa shape index (κ3) is 7.89. The lowest BCUT2D eigenvalue weighted by atomic mass is 10.0. The highest BCUT2D eigenvalue weighted by atomic mass is 35.5. The van der Waals surface area contributed by atoms with Crippen molar-refractivity contribution in [2.75, 3.05) is 68.0 Å². The molecule has 0 bridgehead atoms. The van der Waals surface area contributed by atoms with E-state index in [2.05, 4.69) is 35.6 Å². The van der Waals surface area contributed by atoms with Gasteiger partial charge in [-0.3, -0.25) is 39.1 Å². The summed E-state index contributed by atoms with van der Waals surface area (Å²) < 4.78 is 7.25. The van der Waals surface area contributed by atoms with Gasteiger partial charge in [-0.1, -0.05) is 17.7 Å². The minimum absolute atomic E-state index is 0.0784. The lowest BCUT2D eigenvalue weighted by Crippen LogP contribution is -2.53. The number of hydrogen-bond donors (Lipinski definition) is 4. The van der Waals surface area contributed by atoms with E-state index in [9.17, 15) is 29.1 Å². The molecule has 0 spiro atoms. The molecule has 4 aliphatic rings. The molecule has 2 aromatic carbocycles. The number of aliphatic hydroxyl groups is 1. The van der Waals surface area contributed by atoms with Crippen molar-refractivity contribution in [1.29, 1.82) is 0 Å². The Morgan fingerprint density at radius 3 is 2.58 bits per heavy atom. The van der Waals surface area contributed by atoms with Crippen LogP contribution in [0.4, 0.5) is 23.1 Å². The van der Waals surface area contributed by atoms with Crippen molar-refractivity contribution in [3.05, 3.63) is 75.2 Å². The zero-order valence-electron chi connectivity index (χ0n) is 33.1. The molecule has 4 amide bonds. The number of likely N-dealkylation sites (N-methyl/N-ethyl adjacent to an activating group) is 1. The molecular weight excluding hydrogens is 780 g/mol. The number of ether oxygens (including phenoxy) is 1. The molecule has 18 heteroatoms. The molecule has 3 atom stereocenters. The number of rotatable bonds is 11. The first-order valence-electron chi connectivity index (χ1n) is 19.9. The Morgan fingerprint density at radius 1 is 1.03 bits per heavy atom. The van der Waals surface area contributed by atoms with Gasteiger partial charge < -0.3 is 34.8 Å². The first-order chi connectivity index (χ1) is 28.4. The van der Waals surface area contributed by atoms with Crippen LogP contribution in [0.1, 0.15) is 67.7 Å². The lowest BCUT2D eigenvalue weighted by molar-refractivity contribution is -0.139. The Morgan fingerprint density at radius 2 is 1.83 bits per heavy atom. The van der Waals surface area contributed by atoms with Gasteiger partial charge in [-0.2, -0.15) is 4.98 Å². The fourth-order valence-corrected chi connectivity index (χ4v) is 8.69. The maximum Gasteiger partial charge on any atom is 0.293 e. The molecule has 6 heterocycles. The number of imide groups is 1. The Bertz CT molecular complexity index is 2380. The zero-order valence-corrected chi connectivity index (χ0v) is 33.9. The number of piperidine rings is 1. The van der Waals surface area contributed by atoms with Gasteiger partial charge in [0.25, 0.3) is 17.4 Å². The number of aromatic nitrogens is 3. The van der Waals surface area contributed by atoms with Gasteiger partial charge in [0.05, 0.1) is 11.7 Å². The molecule has 4 N–H and O–H groups in total. The number of nitrogens with zero attached hydrogens (tertiary/aromatic N) is 7. The first-order valence-corrected chi connectivity index (χ1v) is 20.3. The predicted octanol–water partition coefficient (Wildman–Crippen LogP) is 2.94. The minimum Gasteiger partial charge on any atom is -0.478 e. The van der Waals surface area contributed by atoms with Gasteiger partial charge in [-0.15, -0.1) is 0 Å². The highest BCUT2D eigenvalue weighted by Gasteiger charge is 2.45. The Kier molecular flexibility index (Phi) is 11.2. The quantitative estimate of drug-likeness (QED) is 0.162. The summed E-state index contributed by atoms with van der Waals surface area (Å²) in [6, 6.07) is 11.9. The molecule has 2 aromatic heterocycles. The fraction of sp³-hybridized carbons (Fsp3) is 0.439. The van der Waals surface area contributed by atoms with Crippen molar-refractivity contribution in [1.82, 2.24) is 35.0 Å². The van der Waals surface area contributed by atoms with Crippen LogP contribution in [-0.4, -0.2) is 118 Å². The molecule has 17 nitrogen and oxygen atoms in total. The van der Waals surface area contributed by atoms with Crippen LogP contribution in [0.25, 0.3) is 10.9 Å². The molecular formula is C41H47ClN10O7. The highest BCUT2D eigenvalue weighted by Crippen LogP contribution is 2.38. The van der Waals surface area contributed by atoms with E-state index in [1.54, 1.807) is 22.9 Å². The number of fused-ring (bicyclic) bond motifs is 2. The summed E-state index contributed by atoms with van der Waals surface area (Å²) in [6.07, 6.45) is 2.63. The molecule has 0 saturated carbocycles. The van der Waals surface area contributed by atoms with Crippen molar-refractivity contribution in [2.24, 2.45) is 0 Å². The standard InChI is InChI=1S/C41H47ClN10O7/c1-23(2)51-31-9-6-25(17-24(31)18-33(40(51)58)59-22-35(54)43-3)45-36-30(42)20-44-41(47-36)49-15-13-48(14-16-49)21-27-5-4-12-50(27)26-7-8-28-29(19-26)39(57)52(38(28)56)32-10-11-34(53)46-37(32)55/h6-9,17-20,23,27,32,38,56H,4-5,10-16,21-22H2,1-3H3,(H,43,54)(H,44,45,47)(H,46,53,55). The van der Waals surface area contributed by atoms with Gasteiger partial charge in [-0.05, 0) is 69.5 Å². The van der Waals surface area contributed by atoms with Crippen LogP contribution >= 0.6 is 11.6 Å². The molecule has 8 rings (SSSR count). The zero-order chi connectivity index (χ0) is 41.5. The van der Waals surface area contributed by atoms with Crippen molar-refractivity contribution >= 4 is 69.3 Å². The summed E-state index contributed by atoms with van der Waals surface area (Å²) in [5.74, 6) is -0.625. The van der Waals surface area contributed by atoms with E-state index in [4.69, 9.17) is 21.3 Å². The van der Waals surface area contributed by atoms with Crippen LogP contribution in [0.2, 0.25) is 5.02 Å². The summed E-state index contributed by atoms with van der Waals surface area (Å²) >= 11 is 6.60. The summed E-state index contributed by atoms with van der Waals surface area (Å²) in [7, 11) is 1.51. The number of carbonyl (C=O) groups is 4. The number of hydrogen-bond acceptors (Lipinski definition) is 13. The SMILES string of the molecule is CNC(=O)COc1cc2cc(Nc3nc(N4CCN(CC5CCCN5c5ccc6c(c5)C(=O)N(C5CCC(=O)NC5=O)C6O)CC4)ncc3Cl)ccc2n(C(C)C)c1=O. The molecule has 3 unspecified atom stereocenters. The molecule has 0 radical (unpaired) electrons. The van der Waals surface area contributed by atoms with Crippen LogP contribution in [0, 0.1) is 0 Å². The maximum absolute atomic E-state index is 13.5. The average Bonchev–Trinajstić information content (AvgIpc) is 3.78. The smallest absolute Gasteiger partial charge is 0.293 e. The number of piperazine rings is 1. The van der Waals surface area contributed by atoms with Crippen molar-refractivity contribution in [3.63, 3.8) is 0 Å². The van der Waals surface area contributed by atoms with E-state index in [0.717, 1.165) is 55.6 Å². The van der Waals surface area contributed by atoms with E-state index in [1.807, 2.05) is 44.2 Å². The van der Waals surface area contributed by atoms with Crippen molar-refractivity contribution in [2.45, 2.75) is 63.9 Å². The van der Waals surface area contributed by atoms with Crippen LogP contribution < -0.4 is 36.0 Å². The van der Waals surface area contributed by atoms with Gasteiger partial charge in [-0.25, -0.2) is 4.98 Å². The predicted molar refractivity (Wildman–Crippen MR) is 221 cm³/mol. The number of pyridine rings is 1. The van der Waals surface area contributed by atoms with E-state index in [1.165, 1.54) is 11.9 Å². The minimum atomic E-state index is -1.25. The van der Waals surface area contributed by atoms with Crippen LogP contribution in [0.15, 0.2) is 53.5 Å². The van der Waals surface area contributed by atoms with Gasteiger partial charge >= 0.3 is 0 Å². The summed E-state index contributed by atoms with van der Waals surface area (Å²) in [6.45, 7) is 8.22. The third-order valence-corrected chi connectivity index (χ3v) is 11.9. The molecule has 59 heavy (non-hydrogen) atoms. The normalized spacial score (nSPS) is 21.0. The number of aliphatic hydroxyl groups excluding tert-OH is 1. The van der Waals surface area contributed by atoms with Crippen molar-refractivity contribution in [3.8, 4) is 5.75 Å². The number of amides is 4. The Hall–Kier alpha value is -5.78. The average molecular weight is 827 g/mol. The number of carbonyl (C=O) groups excluding carboxylic acids is 4. The topological polar surface area (TPSA) is 195 Å². The lowest BCUT2D eigenvalue weighted by Gasteiger charge is -2.38. The van der Waals surface area contributed by atoms with E-state index in [-0.39, 0.29) is 54.7 Å². The van der Waals surface area contributed by atoms with E-state index < -0.39 is 24.1 Å². The van der Waals surface area contributed by atoms with Gasteiger partial charge in [0.1, 0.15) is 11.1 Å². The van der Waals surface area contributed by atoms with Gasteiger partial charge in [0, 0.05) is 92.7 Å². The number of nitrogens with one attached hydrogen (secondary N) is 3. The molecule has 3 saturated heterocycles. The summed E-state index contributed by atoms with van der Waals surface area (Å²) in [5.41, 5.74) is 2.84. The molecule has 4 aromatic rings. The monoisotopic (exact) mass is 826 g/mol. The molecule has 310 valence electrons. The molecule has 0 aliphatic carbocycles. The Labute approximate surface area is 345 Å². The largest absolute Gasteiger partial charge is 0.478 e. The fourth-order valence-electron chi connectivity index (χ4n) is 8.55. The maximum atomic E-state index is 13.5. The second-order valence-electron chi connectivity index (χ2n) is 15.6. The number of halogens is 1. The van der Waals surface area contributed by atoms with E-state index in [0.29, 0.717) is 46.7 Å². The van der Waals surface area contributed by atoms with Crippen LogP contribution in [0.5, 0.6) is 5.75 Å². The summed E-state index contributed by atoms with van der Waals surface area (Å²) in [5, 5.41) is 20.2. The second-order valence-corrected chi connectivity index (χ2v) is 16.0. The molecule has 4 aliphatic heterocycles. The first kappa shape index (κ1) is 40.0. The van der Waals surface area contributed by atoms with E-state index >= 15 is 0 Å². The summed E-state index contributed by atoms with van der Waals surface area (Å²) in [4.78, 5) is 80.3. The van der Waals surface area contributed by atoms with Crippen molar-refractivity contribution < 1.29 is 29.0 Å². The van der Waals surface area contributed by atoms with Gasteiger partial charge in [0.2, 0.25) is 17.8 Å². The molecule has 3 fully saturated rings. The third-order valence-electron chi connectivity index (χ3n) is 11.6.